The fourth-order valence-corrected chi connectivity index (χ4v) is 4.74. The average Bonchev–Trinajstić information content (AvgIpc) is 2.72. The van der Waals surface area contributed by atoms with Crippen LogP contribution in [0.2, 0.25) is 0 Å². The van der Waals surface area contributed by atoms with Gasteiger partial charge in [-0.3, -0.25) is 10.1 Å². The van der Waals surface area contributed by atoms with Crippen LogP contribution in [0.1, 0.15) is 24.8 Å². The first-order valence-electron chi connectivity index (χ1n) is 9.07. The molecule has 3 rings (SSSR count). The van der Waals surface area contributed by atoms with Crippen molar-refractivity contribution >= 4 is 21.4 Å². The number of nitrogens with zero attached hydrogens (tertiary/aromatic N) is 2. The lowest BCUT2D eigenvalue weighted by Gasteiger charge is -2.25. The number of hydrogen-bond acceptors (Lipinski definition) is 6. The van der Waals surface area contributed by atoms with E-state index in [9.17, 15) is 18.5 Å². The first-order chi connectivity index (χ1) is 13.4. The van der Waals surface area contributed by atoms with Gasteiger partial charge < -0.3 is 10.1 Å². The van der Waals surface area contributed by atoms with Gasteiger partial charge in [0.05, 0.1) is 16.9 Å². The lowest BCUT2D eigenvalue weighted by atomic mass is 10.2. The van der Waals surface area contributed by atoms with Crippen LogP contribution in [0.5, 0.6) is 5.75 Å². The van der Waals surface area contributed by atoms with E-state index in [0.717, 1.165) is 30.9 Å². The molecule has 1 N–H and O–H groups in total. The van der Waals surface area contributed by atoms with Crippen molar-refractivity contribution in [3.8, 4) is 5.75 Å². The molecular weight excluding hydrogens is 382 g/mol. The fraction of sp³-hybridized carbons (Fsp3) is 0.368. The molecule has 150 valence electrons. The van der Waals surface area contributed by atoms with Crippen molar-refractivity contribution in [1.29, 1.82) is 0 Å². The molecule has 1 fully saturated rings. The summed E-state index contributed by atoms with van der Waals surface area (Å²) in [6.07, 6.45) is 2.61. The van der Waals surface area contributed by atoms with Gasteiger partial charge >= 0.3 is 0 Å². The highest BCUT2D eigenvalue weighted by molar-refractivity contribution is 7.89. The second-order valence-electron chi connectivity index (χ2n) is 6.61. The van der Waals surface area contributed by atoms with Crippen molar-refractivity contribution in [2.24, 2.45) is 0 Å². The van der Waals surface area contributed by atoms with Crippen LogP contribution in [0.25, 0.3) is 0 Å². The Balaban J connectivity index is 1.83. The van der Waals surface area contributed by atoms with Crippen molar-refractivity contribution in [3.05, 3.63) is 58.1 Å². The number of nitro groups is 1. The molecule has 0 unspecified atom stereocenters. The Kier molecular flexibility index (Phi) is 6.15. The van der Waals surface area contributed by atoms with E-state index in [0.29, 0.717) is 25.4 Å². The molecule has 28 heavy (non-hydrogen) atoms. The van der Waals surface area contributed by atoms with Gasteiger partial charge in [-0.15, -0.1) is 0 Å². The van der Waals surface area contributed by atoms with Crippen LogP contribution in [0.4, 0.5) is 11.4 Å². The van der Waals surface area contributed by atoms with Crippen molar-refractivity contribution < 1.29 is 18.1 Å². The van der Waals surface area contributed by atoms with Gasteiger partial charge in [-0.25, -0.2) is 8.42 Å². The molecule has 9 heteroatoms. The Labute approximate surface area is 164 Å². The van der Waals surface area contributed by atoms with E-state index >= 15 is 0 Å². The highest BCUT2D eigenvalue weighted by Gasteiger charge is 2.28. The van der Waals surface area contributed by atoms with Crippen molar-refractivity contribution in [1.82, 2.24) is 4.31 Å². The lowest BCUT2D eigenvalue weighted by molar-refractivity contribution is -0.384. The summed E-state index contributed by atoms with van der Waals surface area (Å²) in [5.41, 5.74) is 0.894. The van der Waals surface area contributed by atoms with Gasteiger partial charge in [-0.2, -0.15) is 4.31 Å². The minimum absolute atomic E-state index is 0.0481. The molecule has 0 saturated carbocycles. The molecule has 8 nitrogen and oxygen atoms in total. The monoisotopic (exact) mass is 405 g/mol. The topological polar surface area (TPSA) is 102 Å². The number of nitro benzene ring substituents is 1. The number of sulfonamides is 1. The van der Waals surface area contributed by atoms with Crippen LogP contribution in [-0.4, -0.2) is 37.8 Å². The highest BCUT2D eigenvalue weighted by Crippen LogP contribution is 2.30. The number of methoxy groups -OCH3 is 1. The maximum Gasteiger partial charge on any atom is 0.293 e. The SMILES string of the molecule is COc1cccc(CNc2ccc(S(=O)(=O)N3CCCCC3)cc2[N+](=O)[O-])c1. The third kappa shape index (κ3) is 4.42. The summed E-state index contributed by atoms with van der Waals surface area (Å²) in [6, 6.07) is 11.4. The Morgan fingerprint density at radius 2 is 1.89 bits per heavy atom. The molecule has 1 heterocycles. The van der Waals surface area contributed by atoms with Gasteiger partial charge in [-0.05, 0) is 42.7 Å². The molecule has 2 aromatic carbocycles. The number of ether oxygens (including phenoxy) is 1. The predicted octanol–water partition coefficient (Wildman–Crippen LogP) is 3.39. The summed E-state index contributed by atoms with van der Waals surface area (Å²) in [5, 5.41) is 14.5. The van der Waals surface area contributed by atoms with Crippen molar-refractivity contribution in [3.63, 3.8) is 0 Å². The third-order valence-corrected chi connectivity index (χ3v) is 6.63. The van der Waals surface area contributed by atoms with E-state index < -0.39 is 14.9 Å². The minimum Gasteiger partial charge on any atom is -0.497 e. The van der Waals surface area contributed by atoms with Crippen molar-refractivity contribution in [2.45, 2.75) is 30.7 Å². The fourth-order valence-electron chi connectivity index (χ4n) is 3.21. The number of rotatable bonds is 7. The van der Waals surface area contributed by atoms with Crippen LogP contribution in [-0.2, 0) is 16.6 Å². The molecule has 0 bridgehead atoms. The zero-order valence-corrected chi connectivity index (χ0v) is 16.4. The maximum atomic E-state index is 12.8. The van der Waals surface area contributed by atoms with Gasteiger partial charge in [-0.1, -0.05) is 18.6 Å². The molecule has 2 aromatic rings. The van der Waals surface area contributed by atoms with E-state index in [2.05, 4.69) is 5.32 Å². The van der Waals surface area contributed by atoms with E-state index in [1.165, 1.54) is 16.4 Å². The molecule has 0 amide bonds. The highest BCUT2D eigenvalue weighted by atomic mass is 32.2. The minimum atomic E-state index is -3.73. The van der Waals surface area contributed by atoms with E-state index in [-0.39, 0.29) is 16.3 Å². The first kappa shape index (κ1) is 20.1. The predicted molar refractivity (Wildman–Crippen MR) is 106 cm³/mol. The summed E-state index contributed by atoms with van der Waals surface area (Å²) in [7, 11) is -2.16. The van der Waals surface area contributed by atoms with Gasteiger partial charge in [0.1, 0.15) is 11.4 Å². The van der Waals surface area contributed by atoms with Crippen LogP contribution < -0.4 is 10.1 Å². The largest absolute Gasteiger partial charge is 0.497 e. The van der Waals surface area contributed by atoms with Crippen LogP contribution >= 0.6 is 0 Å². The smallest absolute Gasteiger partial charge is 0.293 e. The molecule has 0 aromatic heterocycles. The number of piperidine rings is 1. The normalized spacial score (nSPS) is 15.2. The molecule has 0 spiro atoms. The summed E-state index contributed by atoms with van der Waals surface area (Å²) < 4.78 is 32.2. The molecule has 0 atom stereocenters. The van der Waals surface area contributed by atoms with E-state index in [4.69, 9.17) is 4.74 Å². The quantitative estimate of drug-likeness (QED) is 0.560. The summed E-state index contributed by atoms with van der Waals surface area (Å²) in [6.45, 7) is 1.24. The Morgan fingerprint density at radius 1 is 1.14 bits per heavy atom. The van der Waals surface area contributed by atoms with Gasteiger partial charge in [0.15, 0.2) is 0 Å². The van der Waals surface area contributed by atoms with Crippen LogP contribution in [0.3, 0.4) is 0 Å². The average molecular weight is 405 g/mol. The zero-order valence-electron chi connectivity index (χ0n) is 15.6. The molecule has 1 saturated heterocycles. The second kappa shape index (κ2) is 8.57. The standard InChI is InChI=1S/C19H23N3O5S/c1-27-16-7-5-6-15(12-16)14-20-18-9-8-17(13-19(18)22(23)24)28(25,26)21-10-3-2-4-11-21/h5-9,12-13,20H,2-4,10-11,14H2,1H3. The zero-order chi connectivity index (χ0) is 20.1. The van der Waals surface area contributed by atoms with Gasteiger partial charge in [0.2, 0.25) is 10.0 Å². The van der Waals surface area contributed by atoms with E-state index in [1.54, 1.807) is 7.11 Å². The van der Waals surface area contributed by atoms with Gasteiger partial charge in [0.25, 0.3) is 5.69 Å². The number of hydrogen-bond donors (Lipinski definition) is 1. The number of anilines is 1. The molecule has 0 aliphatic carbocycles. The molecule has 1 aliphatic rings. The first-order valence-corrected chi connectivity index (χ1v) is 10.5. The molecule has 1 aliphatic heterocycles. The van der Waals surface area contributed by atoms with E-state index in [1.807, 2.05) is 24.3 Å². The Bertz CT molecular complexity index is 956. The molecular formula is C19H23N3O5S. The summed E-state index contributed by atoms with van der Waals surface area (Å²) in [4.78, 5) is 10.9. The summed E-state index contributed by atoms with van der Waals surface area (Å²) >= 11 is 0. The number of nitrogens with one attached hydrogen (secondary N) is 1. The lowest BCUT2D eigenvalue weighted by Crippen LogP contribution is -2.35. The number of benzene rings is 2. The molecule has 0 radical (unpaired) electrons. The van der Waals surface area contributed by atoms with Crippen molar-refractivity contribution in [2.75, 3.05) is 25.5 Å². The summed E-state index contributed by atoms with van der Waals surface area (Å²) in [5.74, 6) is 0.691. The van der Waals surface area contributed by atoms with Crippen LogP contribution in [0.15, 0.2) is 47.4 Å². The maximum absolute atomic E-state index is 12.8. The second-order valence-corrected chi connectivity index (χ2v) is 8.54. The van der Waals surface area contributed by atoms with Crippen LogP contribution in [0, 0.1) is 10.1 Å². The Hall–Kier alpha value is -2.65. The van der Waals surface area contributed by atoms with Gasteiger partial charge in [0, 0.05) is 25.7 Å². The Morgan fingerprint density at radius 3 is 2.57 bits per heavy atom. The third-order valence-electron chi connectivity index (χ3n) is 4.74.